The number of nitrogens with one attached hydrogen (secondary N) is 1. The summed E-state index contributed by atoms with van der Waals surface area (Å²) in [6, 6.07) is 53.7. The highest BCUT2D eigenvalue weighted by atomic mass is 16.3. The number of nitrogens with zero attached hydrogens (tertiary/aromatic N) is 1. The zero-order chi connectivity index (χ0) is 28.3. The Morgan fingerprint density at radius 2 is 1.12 bits per heavy atom. The van der Waals surface area contributed by atoms with Gasteiger partial charge in [0.05, 0.1) is 11.0 Å². The third-order valence-corrected chi connectivity index (χ3v) is 8.58. The Hall–Kier alpha value is -5.80. The molecule has 2 heterocycles. The Morgan fingerprint density at radius 1 is 0.442 bits per heavy atom. The molecule has 0 aliphatic carbocycles. The van der Waals surface area contributed by atoms with Gasteiger partial charge in [0.15, 0.2) is 0 Å². The van der Waals surface area contributed by atoms with Crippen LogP contribution in [0.1, 0.15) is 0 Å². The van der Waals surface area contributed by atoms with E-state index in [1.807, 2.05) is 12.1 Å². The van der Waals surface area contributed by atoms with Crippen LogP contribution in [0.2, 0.25) is 0 Å². The van der Waals surface area contributed by atoms with Crippen LogP contribution in [0, 0.1) is 0 Å². The molecule has 3 heteroatoms. The van der Waals surface area contributed by atoms with Gasteiger partial charge in [0.1, 0.15) is 11.2 Å². The van der Waals surface area contributed by atoms with E-state index in [1.54, 1.807) is 0 Å². The predicted molar refractivity (Wildman–Crippen MR) is 181 cm³/mol. The van der Waals surface area contributed by atoms with Crippen molar-refractivity contribution in [3.63, 3.8) is 0 Å². The van der Waals surface area contributed by atoms with Gasteiger partial charge in [-0.05, 0) is 71.1 Å². The van der Waals surface area contributed by atoms with Gasteiger partial charge < -0.3 is 14.3 Å². The predicted octanol–water partition coefficient (Wildman–Crippen LogP) is 11.2. The molecule has 2 aromatic heterocycles. The Labute approximate surface area is 248 Å². The molecule has 7 aromatic carbocycles. The van der Waals surface area contributed by atoms with Crippen LogP contribution in [-0.4, -0.2) is 4.57 Å². The maximum absolute atomic E-state index is 6.21. The molecular formula is C40H26N2O. The number of furan rings is 1. The highest BCUT2D eigenvalue weighted by Crippen LogP contribution is 2.39. The minimum Gasteiger partial charge on any atom is -0.456 e. The monoisotopic (exact) mass is 550 g/mol. The average Bonchev–Trinajstić information content (AvgIpc) is 3.60. The standard InChI is InChI=1S/C40H26N2O/c1-2-10-28(11-3-1)42-37-16-8-6-14-32(37)33-21-19-27(25-38(33)42)41-36-23-22-29(30-12-4-5-13-31(30)36)26-18-20-35-34-15-7-9-17-39(34)43-40(35)24-26/h1-25,41H. The largest absolute Gasteiger partial charge is 0.456 e. The van der Waals surface area contributed by atoms with Gasteiger partial charge in [0.25, 0.3) is 0 Å². The van der Waals surface area contributed by atoms with E-state index in [0.29, 0.717) is 0 Å². The third-order valence-electron chi connectivity index (χ3n) is 8.58. The van der Waals surface area contributed by atoms with E-state index >= 15 is 0 Å². The highest BCUT2D eigenvalue weighted by molar-refractivity contribution is 6.11. The van der Waals surface area contributed by atoms with Gasteiger partial charge in [-0.15, -0.1) is 0 Å². The highest BCUT2D eigenvalue weighted by Gasteiger charge is 2.14. The molecule has 0 spiro atoms. The number of para-hydroxylation sites is 3. The molecule has 0 atom stereocenters. The van der Waals surface area contributed by atoms with Crippen LogP contribution in [0.3, 0.4) is 0 Å². The van der Waals surface area contributed by atoms with Crippen LogP contribution >= 0.6 is 0 Å². The summed E-state index contributed by atoms with van der Waals surface area (Å²) in [5, 5.41) is 10.9. The van der Waals surface area contributed by atoms with E-state index in [4.69, 9.17) is 4.42 Å². The topological polar surface area (TPSA) is 30.1 Å². The lowest BCUT2D eigenvalue weighted by molar-refractivity contribution is 0.669. The summed E-state index contributed by atoms with van der Waals surface area (Å²) < 4.78 is 8.57. The first-order chi connectivity index (χ1) is 21.3. The maximum Gasteiger partial charge on any atom is 0.136 e. The number of hydrogen-bond donors (Lipinski definition) is 1. The second kappa shape index (κ2) is 9.37. The first-order valence-electron chi connectivity index (χ1n) is 14.6. The summed E-state index contributed by atoms with van der Waals surface area (Å²) >= 11 is 0. The van der Waals surface area contributed by atoms with E-state index in [1.165, 1.54) is 38.1 Å². The van der Waals surface area contributed by atoms with Gasteiger partial charge in [-0.3, -0.25) is 0 Å². The van der Waals surface area contributed by atoms with E-state index < -0.39 is 0 Å². The Bertz CT molecular complexity index is 2480. The van der Waals surface area contributed by atoms with Crippen molar-refractivity contribution in [2.24, 2.45) is 0 Å². The quantitative estimate of drug-likeness (QED) is 0.236. The van der Waals surface area contributed by atoms with Crippen LogP contribution in [0.15, 0.2) is 156 Å². The summed E-state index contributed by atoms with van der Waals surface area (Å²) in [6.45, 7) is 0. The Kier molecular flexibility index (Phi) is 5.20. The van der Waals surface area contributed by atoms with Crippen LogP contribution in [0.25, 0.3) is 71.3 Å². The van der Waals surface area contributed by atoms with Gasteiger partial charge in [0, 0.05) is 44.0 Å². The summed E-state index contributed by atoms with van der Waals surface area (Å²) in [7, 11) is 0. The van der Waals surface area contributed by atoms with Crippen molar-refractivity contribution >= 4 is 65.9 Å². The van der Waals surface area contributed by atoms with Crippen LogP contribution in [-0.2, 0) is 0 Å². The van der Waals surface area contributed by atoms with Gasteiger partial charge in [-0.25, -0.2) is 0 Å². The fourth-order valence-corrected chi connectivity index (χ4v) is 6.61. The first-order valence-corrected chi connectivity index (χ1v) is 14.6. The van der Waals surface area contributed by atoms with Gasteiger partial charge in [-0.2, -0.15) is 0 Å². The van der Waals surface area contributed by atoms with Gasteiger partial charge >= 0.3 is 0 Å². The van der Waals surface area contributed by atoms with Gasteiger partial charge in [-0.1, -0.05) is 97.1 Å². The molecular weight excluding hydrogens is 524 g/mol. The number of anilines is 2. The Morgan fingerprint density at radius 3 is 2.00 bits per heavy atom. The van der Waals surface area contributed by atoms with Crippen molar-refractivity contribution in [1.82, 2.24) is 4.57 Å². The molecule has 0 bridgehead atoms. The second-order valence-corrected chi connectivity index (χ2v) is 11.1. The SMILES string of the molecule is c1ccc(-n2c3ccccc3c3ccc(Nc4ccc(-c5ccc6c(c5)oc5ccccc56)c5ccccc45)cc32)cc1. The number of rotatable bonds is 4. The molecule has 3 nitrogen and oxygen atoms in total. The third kappa shape index (κ3) is 3.75. The minimum absolute atomic E-state index is 0.909. The smallest absolute Gasteiger partial charge is 0.136 e. The number of benzene rings is 7. The molecule has 0 aliphatic rings. The van der Waals surface area contributed by atoms with Crippen LogP contribution in [0.5, 0.6) is 0 Å². The second-order valence-electron chi connectivity index (χ2n) is 11.1. The van der Waals surface area contributed by atoms with E-state index in [9.17, 15) is 0 Å². The summed E-state index contributed by atoms with van der Waals surface area (Å²) in [6.07, 6.45) is 0. The average molecular weight is 551 g/mol. The molecule has 0 amide bonds. The number of aromatic nitrogens is 1. The molecule has 0 unspecified atom stereocenters. The van der Waals surface area contributed by atoms with Gasteiger partial charge in [0.2, 0.25) is 0 Å². The van der Waals surface area contributed by atoms with E-state index in [-0.39, 0.29) is 0 Å². The molecule has 0 saturated heterocycles. The molecule has 1 N–H and O–H groups in total. The van der Waals surface area contributed by atoms with Crippen molar-refractivity contribution in [2.75, 3.05) is 5.32 Å². The molecule has 0 saturated carbocycles. The molecule has 0 radical (unpaired) electrons. The van der Waals surface area contributed by atoms with E-state index in [0.717, 1.165) is 44.6 Å². The lowest BCUT2D eigenvalue weighted by atomic mass is 9.96. The normalized spacial score (nSPS) is 11.7. The lowest BCUT2D eigenvalue weighted by Gasteiger charge is -2.14. The first kappa shape index (κ1) is 23.9. The van der Waals surface area contributed by atoms with Crippen LogP contribution in [0.4, 0.5) is 11.4 Å². The molecule has 9 aromatic rings. The summed E-state index contributed by atoms with van der Waals surface area (Å²) in [5.41, 5.74) is 9.82. The lowest BCUT2D eigenvalue weighted by Crippen LogP contribution is -1.95. The summed E-state index contributed by atoms with van der Waals surface area (Å²) in [4.78, 5) is 0. The number of hydrogen-bond acceptors (Lipinski definition) is 2. The Balaban J connectivity index is 1.16. The summed E-state index contributed by atoms with van der Waals surface area (Å²) in [5.74, 6) is 0. The molecule has 0 fully saturated rings. The molecule has 9 rings (SSSR count). The molecule has 43 heavy (non-hydrogen) atoms. The van der Waals surface area contributed by atoms with Crippen molar-refractivity contribution in [2.45, 2.75) is 0 Å². The maximum atomic E-state index is 6.21. The van der Waals surface area contributed by atoms with Crippen molar-refractivity contribution in [3.05, 3.63) is 152 Å². The zero-order valence-corrected chi connectivity index (χ0v) is 23.3. The van der Waals surface area contributed by atoms with Crippen LogP contribution < -0.4 is 5.32 Å². The molecule has 0 aliphatic heterocycles. The zero-order valence-electron chi connectivity index (χ0n) is 23.3. The van der Waals surface area contributed by atoms with Crippen molar-refractivity contribution in [3.8, 4) is 16.8 Å². The van der Waals surface area contributed by atoms with Crippen molar-refractivity contribution in [1.29, 1.82) is 0 Å². The van der Waals surface area contributed by atoms with Crippen molar-refractivity contribution < 1.29 is 4.42 Å². The fourth-order valence-electron chi connectivity index (χ4n) is 6.61. The number of fused-ring (bicyclic) bond motifs is 7. The fraction of sp³-hybridized carbons (Fsp3) is 0. The van der Waals surface area contributed by atoms with E-state index in [2.05, 4.69) is 149 Å². The minimum atomic E-state index is 0.909. The molecule has 202 valence electrons.